The van der Waals surface area contributed by atoms with Gasteiger partial charge in [-0.25, -0.2) is 13.4 Å². The van der Waals surface area contributed by atoms with Crippen molar-refractivity contribution >= 4 is 44.6 Å². The van der Waals surface area contributed by atoms with E-state index in [1.165, 1.54) is 4.90 Å². The van der Waals surface area contributed by atoms with Crippen molar-refractivity contribution in [1.29, 1.82) is 0 Å². The third-order valence-corrected chi connectivity index (χ3v) is 12.7. The molecule has 13 nitrogen and oxygen atoms in total. The van der Waals surface area contributed by atoms with E-state index in [0.717, 1.165) is 24.8 Å². The van der Waals surface area contributed by atoms with Gasteiger partial charge in [0.05, 0.1) is 36.0 Å². The number of piperidine rings is 1. The zero-order valence-electron chi connectivity index (χ0n) is 32.4. The predicted octanol–water partition coefficient (Wildman–Crippen LogP) is 4.83. The van der Waals surface area contributed by atoms with Crippen molar-refractivity contribution in [3.8, 4) is 22.8 Å². The zero-order valence-corrected chi connectivity index (χ0v) is 33.2. The number of methoxy groups -OCH3 is 1. The van der Waals surface area contributed by atoms with Crippen LogP contribution in [0.4, 0.5) is 0 Å². The summed E-state index contributed by atoms with van der Waals surface area (Å²) in [5, 5.41) is 2.84. The molecule has 55 heavy (non-hydrogen) atoms. The van der Waals surface area contributed by atoms with E-state index in [0.29, 0.717) is 54.0 Å². The average molecular weight is 776 g/mol. The summed E-state index contributed by atoms with van der Waals surface area (Å²) in [5.74, 6) is -1.48. The summed E-state index contributed by atoms with van der Waals surface area (Å²) in [4.78, 5) is 63.9. The third-order valence-electron chi connectivity index (χ3n) is 10.9. The van der Waals surface area contributed by atoms with Crippen LogP contribution >= 0.6 is 0 Å². The molecule has 2 saturated heterocycles. The van der Waals surface area contributed by atoms with Gasteiger partial charge in [0, 0.05) is 49.0 Å². The van der Waals surface area contributed by atoms with Gasteiger partial charge in [-0.2, -0.15) is 0 Å². The van der Waals surface area contributed by atoms with E-state index in [1.807, 2.05) is 80.3 Å². The molecule has 1 aromatic heterocycles. The van der Waals surface area contributed by atoms with Gasteiger partial charge in [-0.15, -0.1) is 0 Å². The normalized spacial score (nSPS) is 20.1. The predicted molar refractivity (Wildman–Crippen MR) is 209 cm³/mol. The number of benzene rings is 2. The lowest BCUT2D eigenvalue weighted by molar-refractivity contribution is -0.148. The summed E-state index contributed by atoms with van der Waals surface area (Å²) in [6.45, 7) is 8.77. The number of amides is 4. The minimum atomic E-state index is -3.84. The summed E-state index contributed by atoms with van der Waals surface area (Å²) in [7, 11) is -2.26. The number of carbonyl (C=O) groups is 4. The lowest BCUT2D eigenvalue weighted by atomic mass is 9.77. The largest absolute Gasteiger partial charge is 0.497 e. The molecule has 3 heterocycles. The fourth-order valence-corrected chi connectivity index (χ4v) is 8.76. The van der Waals surface area contributed by atoms with Crippen LogP contribution in [0.5, 0.6) is 11.5 Å². The molecule has 4 atom stereocenters. The molecule has 3 aromatic rings. The number of pyridine rings is 1. The van der Waals surface area contributed by atoms with Gasteiger partial charge in [0.25, 0.3) is 5.91 Å². The van der Waals surface area contributed by atoms with E-state index in [4.69, 9.17) is 14.5 Å². The number of carbonyl (C=O) groups excluding carboxylic acids is 4. The molecule has 2 aromatic carbocycles. The molecule has 14 heteroatoms. The maximum absolute atomic E-state index is 14.7. The van der Waals surface area contributed by atoms with Crippen LogP contribution in [0.25, 0.3) is 22.2 Å². The Morgan fingerprint density at radius 1 is 0.982 bits per heavy atom. The summed E-state index contributed by atoms with van der Waals surface area (Å²) >= 11 is 0. The number of hydrogen-bond donors (Lipinski definition) is 2. The Morgan fingerprint density at radius 2 is 1.69 bits per heavy atom. The van der Waals surface area contributed by atoms with E-state index in [2.05, 4.69) is 10.0 Å². The minimum absolute atomic E-state index is 0.00499. The fourth-order valence-electron chi connectivity index (χ4n) is 7.42. The number of nitrogens with one attached hydrogen (secondary N) is 2. The van der Waals surface area contributed by atoms with Crippen molar-refractivity contribution < 1.29 is 37.1 Å². The van der Waals surface area contributed by atoms with Crippen molar-refractivity contribution in [2.24, 2.45) is 11.3 Å². The fraction of sp³-hybridized carbons (Fsp3) is 0.537. The van der Waals surface area contributed by atoms with Crippen LogP contribution in [0.3, 0.4) is 0 Å². The van der Waals surface area contributed by atoms with Crippen LogP contribution < -0.4 is 19.5 Å². The van der Waals surface area contributed by atoms with Crippen LogP contribution in [0, 0.1) is 11.3 Å². The number of hydrogen-bond acceptors (Lipinski definition) is 9. The molecule has 0 spiro atoms. The number of ether oxygens (including phenoxy) is 2. The van der Waals surface area contributed by atoms with Crippen molar-refractivity contribution in [2.45, 2.75) is 102 Å². The second-order valence-electron chi connectivity index (χ2n) is 16.0. The van der Waals surface area contributed by atoms with Crippen LogP contribution in [-0.2, 0) is 29.2 Å². The van der Waals surface area contributed by atoms with Gasteiger partial charge in [-0.1, -0.05) is 58.0 Å². The van der Waals surface area contributed by atoms with Gasteiger partial charge in [0.2, 0.25) is 27.7 Å². The summed E-state index contributed by atoms with van der Waals surface area (Å²) in [6.07, 6.45) is 3.42. The Kier molecular flexibility index (Phi) is 12.0. The lowest BCUT2D eigenvalue weighted by Gasteiger charge is -2.36. The van der Waals surface area contributed by atoms with Gasteiger partial charge in [-0.05, 0) is 56.1 Å². The number of nitrogens with zero attached hydrogens (tertiary/aromatic N) is 3. The van der Waals surface area contributed by atoms with Crippen LogP contribution in [0.2, 0.25) is 0 Å². The van der Waals surface area contributed by atoms with Crippen molar-refractivity contribution in [3.05, 3.63) is 54.6 Å². The molecular formula is C41H53N5O8S. The minimum Gasteiger partial charge on any atom is -0.497 e. The Hall–Kier alpha value is -4.72. The third kappa shape index (κ3) is 9.40. The van der Waals surface area contributed by atoms with Gasteiger partial charge in [-0.3, -0.25) is 23.9 Å². The van der Waals surface area contributed by atoms with Gasteiger partial charge in [0.15, 0.2) is 0 Å². The van der Waals surface area contributed by atoms with Gasteiger partial charge < -0.3 is 24.6 Å². The Labute approximate surface area is 323 Å². The highest BCUT2D eigenvalue weighted by Crippen LogP contribution is 2.37. The maximum Gasteiger partial charge on any atom is 0.255 e. The quantitative estimate of drug-likeness (QED) is 0.248. The number of aromatic nitrogens is 1. The highest BCUT2D eigenvalue weighted by Gasteiger charge is 2.47. The van der Waals surface area contributed by atoms with Crippen molar-refractivity contribution in [2.75, 3.05) is 26.7 Å². The van der Waals surface area contributed by atoms with E-state index in [1.54, 1.807) is 14.0 Å². The van der Waals surface area contributed by atoms with E-state index in [-0.39, 0.29) is 37.6 Å². The molecule has 3 fully saturated rings. The SMILES string of the molecule is CCC(NC(=O)[C@@H]1C[C@@H](Oc2cc(-c3ccccc3)nc3cc(OC)ccc23)CN1C(=O)C(CC(=O)N1CCCCC1)C(C)(C)C)C(=O)NS(=O)(=O)C1CC1. The molecule has 1 aliphatic carbocycles. The Balaban J connectivity index is 1.31. The number of fused-ring (bicyclic) bond motifs is 1. The molecule has 4 amide bonds. The number of sulfonamides is 1. The van der Waals surface area contributed by atoms with E-state index < -0.39 is 56.6 Å². The Morgan fingerprint density at radius 3 is 2.33 bits per heavy atom. The molecule has 0 bridgehead atoms. The van der Waals surface area contributed by atoms with Crippen molar-refractivity contribution in [1.82, 2.24) is 24.8 Å². The molecular weight excluding hydrogens is 723 g/mol. The van der Waals surface area contributed by atoms with Crippen LogP contribution in [0.15, 0.2) is 54.6 Å². The summed E-state index contributed by atoms with van der Waals surface area (Å²) in [6, 6.07) is 14.8. The maximum atomic E-state index is 14.7. The first-order valence-corrected chi connectivity index (χ1v) is 20.9. The number of likely N-dealkylation sites (tertiary alicyclic amines) is 2. The highest BCUT2D eigenvalue weighted by molar-refractivity contribution is 7.90. The van der Waals surface area contributed by atoms with Crippen LogP contribution in [-0.4, -0.2) is 97.0 Å². The first kappa shape index (κ1) is 40.0. The molecule has 2 unspecified atom stereocenters. The summed E-state index contributed by atoms with van der Waals surface area (Å²) < 4.78 is 39.5. The molecule has 2 aliphatic heterocycles. The second kappa shape index (κ2) is 16.6. The average Bonchev–Trinajstić information content (AvgIpc) is 3.96. The highest BCUT2D eigenvalue weighted by atomic mass is 32.2. The first-order chi connectivity index (χ1) is 26.2. The second-order valence-corrected chi connectivity index (χ2v) is 17.9. The molecule has 2 N–H and O–H groups in total. The van der Waals surface area contributed by atoms with Gasteiger partial charge >= 0.3 is 0 Å². The van der Waals surface area contributed by atoms with E-state index >= 15 is 0 Å². The van der Waals surface area contributed by atoms with Crippen LogP contribution in [0.1, 0.15) is 79.1 Å². The zero-order chi connectivity index (χ0) is 39.5. The molecule has 6 rings (SSSR count). The molecule has 3 aliphatic rings. The standard InChI is InChI=1S/C41H53N5O8S/c1-6-32(38(48)44-55(51,52)29-16-17-29)43-39(49)35-22-28(25-46(35)40(50)31(41(2,3)4)23-37(47)45-19-11-8-12-20-45)54-36-24-33(26-13-9-7-10-14-26)42-34-21-27(53-5)15-18-30(34)36/h7,9-10,13-15,18,21,24,28-29,31-32,35H,6,8,11-12,16-17,19-20,22-23,25H2,1-5H3,(H,43,49)(H,44,48)/t28-,31?,32?,35+/m1/s1. The molecule has 0 radical (unpaired) electrons. The monoisotopic (exact) mass is 775 g/mol. The first-order valence-electron chi connectivity index (χ1n) is 19.3. The molecule has 296 valence electrons. The van der Waals surface area contributed by atoms with Crippen molar-refractivity contribution in [3.63, 3.8) is 0 Å². The summed E-state index contributed by atoms with van der Waals surface area (Å²) in [5.41, 5.74) is 1.55. The lowest BCUT2D eigenvalue weighted by Crippen LogP contribution is -2.55. The van der Waals surface area contributed by atoms with Gasteiger partial charge in [0.1, 0.15) is 29.7 Å². The van der Waals surface area contributed by atoms with E-state index in [9.17, 15) is 27.6 Å². The topological polar surface area (TPSA) is 164 Å². The molecule has 1 saturated carbocycles. The smallest absolute Gasteiger partial charge is 0.255 e. The Bertz CT molecular complexity index is 2010. The number of rotatable bonds is 13.